The average Bonchev–Trinajstić information content (AvgIpc) is 2.07. The van der Waals surface area contributed by atoms with E-state index in [0.717, 1.165) is 103 Å². The van der Waals surface area contributed by atoms with E-state index in [1.165, 1.54) is 154 Å². The van der Waals surface area contributed by atoms with Crippen LogP contribution in [0.3, 0.4) is 0 Å². The van der Waals surface area contributed by atoms with Crippen LogP contribution in [0.15, 0.2) is 85.1 Å². The quantitative estimate of drug-likeness (QED) is 0.0204. The minimum absolute atomic E-state index is 0.210. The van der Waals surface area contributed by atoms with Crippen LogP contribution < -0.4 is 5.32 Å². The molecule has 12 atom stereocenters. The maximum Gasteiger partial charge on any atom is 0.220 e. The molecule has 0 radical (unpaired) electrons. The normalized spacial score (nSPS) is 23.7. The summed E-state index contributed by atoms with van der Waals surface area (Å²) in [4.78, 5) is 13.4. The standard InChI is InChI=1S/C74H131NO13/c1-3-5-7-9-11-13-15-17-19-21-23-25-26-27-28-29-30-31-32-33-34-35-36-38-40-42-44-46-48-50-52-54-56-58-66(79)75-62(63(78)57-55-53-51-49-47-45-43-41-39-37-24-22-20-18-16-14-12-10-8-6-4-2)61-85-73-71(84)69(82)72(65(60-77)87-73)88-74-70(83)68(81)67(80)64(59-76)86-74/h5,7,11,13,17,19,23,25,27-28,30-31,33-34,62-65,67-74,76-78,80-84H,3-4,6,8-10,12,14-16,18,20-22,24,26,29,32,35-61H2,1-2H3,(H,75,79)/b7-5-,13-11-,19-17-,25-23-,28-27-,31-30-,34-33-. The number of amides is 1. The van der Waals surface area contributed by atoms with Crippen molar-refractivity contribution in [2.24, 2.45) is 0 Å². The van der Waals surface area contributed by atoms with Crippen LogP contribution in [0.5, 0.6) is 0 Å². The lowest BCUT2D eigenvalue weighted by atomic mass is 9.97. The van der Waals surface area contributed by atoms with E-state index in [4.69, 9.17) is 18.9 Å². The molecule has 9 N–H and O–H groups in total. The Hall–Kier alpha value is -2.83. The number of rotatable bonds is 58. The van der Waals surface area contributed by atoms with Crippen molar-refractivity contribution < 1.29 is 64.6 Å². The molecule has 12 unspecified atom stereocenters. The summed E-state index contributed by atoms with van der Waals surface area (Å²) >= 11 is 0. The van der Waals surface area contributed by atoms with Crippen molar-refractivity contribution in [3.63, 3.8) is 0 Å². The number of carbonyl (C=O) groups is 1. The first kappa shape index (κ1) is 81.3. The summed E-state index contributed by atoms with van der Waals surface area (Å²) in [6.45, 7) is 2.77. The van der Waals surface area contributed by atoms with Crippen LogP contribution in [0.25, 0.3) is 0 Å². The van der Waals surface area contributed by atoms with Gasteiger partial charge in [-0.3, -0.25) is 4.79 Å². The molecule has 0 aromatic heterocycles. The highest BCUT2D eigenvalue weighted by Crippen LogP contribution is 2.30. The number of aliphatic hydroxyl groups is 8. The number of aliphatic hydroxyl groups excluding tert-OH is 8. The predicted molar refractivity (Wildman–Crippen MR) is 360 cm³/mol. The summed E-state index contributed by atoms with van der Waals surface area (Å²) in [7, 11) is 0. The fourth-order valence-electron chi connectivity index (χ4n) is 11.5. The molecular formula is C74H131NO13. The van der Waals surface area contributed by atoms with Crippen LogP contribution in [0, 0.1) is 0 Å². The van der Waals surface area contributed by atoms with Crippen molar-refractivity contribution in [2.75, 3.05) is 19.8 Å². The third-order valence-corrected chi connectivity index (χ3v) is 17.1. The zero-order chi connectivity index (χ0) is 63.8. The number of nitrogens with one attached hydrogen (secondary N) is 1. The Morgan fingerprint density at radius 1 is 0.420 bits per heavy atom. The fourth-order valence-corrected chi connectivity index (χ4v) is 11.5. The second-order valence-electron chi connectivity index (χ2n) is 25.0. The first-order valence-electron chi connectivity index (χ1n) is 35.8. The predicted octanol–water partition coefficient (Wildman–Crippen LogP) is 14.8. The van der Waals surface area contributed by atoms with Gasteiger partial charge in [0.1, 0.15) is 48.8 Å². The Kier molecular flexibility index (Phi) is 53.6. The van der Waals surface area contributed by atoms with Gasteiger partial charge in [-0.25, -0.2) is 0 Å². The van der Waals surface area contributed by atoms with Gasteiger partial charge in [-0.2, -0.15) is 0 Å². The van der Waals surface area contributed by atoms with Crippen molar-refractivity contribution >= 4 is 5.91 Å². The van der Waals surface area contributed by atoms with Crippen molar-refractivity contribution in [3.05, 3.63) is 85.1 Å². The van der Waals surface area contributed by atoms with Crippen molar-refractivity contribution in [2.45, 2.75) is 357 Å². The number of hydrogen-bond donors (Lipinski definition) is 9. The lowest BCUT2D eigenvalue weighted by molar-refractivity contribution is -0.359. The topological polar surface area (TPSA) is 228 Å². The summed E-state index contributed by atoms with van der Waals surface area (Å²) < 4.78 is 22.9. The monoisotopic (exact) mass is 1240 g/mol. The molecule has 0 spiro atoms. The van der Waals surface area contributed by atoms with Gasteiger partial charge in [0.05, 0.1) is 32.0 Å². The molecule has 0 aliphatic carbocycles. The van der Waals surface area contributed by atoms with Crippen molar-refractivity contribution in [3.8, 4) is 0 Å². The largest absolute Gasteiger partial charge is 0.394 e. The average molecular weight is 1240 g/mol. The molecule has 2 rings (SSSR count). The maximum absolute atomic E-state index is 13.4. The summed E-state index contributed by atoms with van der Waals surface area (Å²) in [5, 5.41) is 87.6. The summed E-state index contributed by atoms with van der Waals surface area (Å²) in [5.41, 5.74) is 0. The molecule has 510 valence electrons. The molecule has 1 amide bonds. The van der Waals surface area contributed by atoms with Gasteiger partial charge in [0, 0.05) is 6.42 Å². The van der Waals surface area contributed by atoms with E-state index in [1.54, 1.807) is 0 Å². The minimum atomic E-state index is -1.79. The molecule has 2 heterocycles. The third-order valence-electron chi connectivity index (χ3n) is 17.1. The van der Waals surface area contributed by atoms with Gasteiger partial charge in [-0.1, -0.05) is 292 Å². The number of carbonyl (C=O) groups excluding carboxylic acids is 1. The molecule has 0 aromatic carbocycles. The molecule has 0 bridgehead atoms. The van der Waals surface area contributed by atoms with Gasteiger partial charge in [0.15, 0.2) is 12.6 Å². The summed E-state index contributed by atoms with van der Waals surface area (Å²) in [6, 6.07) is -0.836. The van der Waals surface area contributed by atoms with Crippen molar-refractivity contribution in [1.29, 1.82) is 0 Å². The van der Waals surface area contributed by atoms with E-state index in [9.17, 15) is 45.6 Å². The van der Waals surface area contributed by atoms with Crippen LogP contribution in [-0.2, 0) is 23.7 Å². The van der Waals surface area contributed by atoms with Gasteiger partial charge in [-0.05, 0) is 70.6 Å². The lowest BCUT2D eigenvalue weighted by Gasteiger charge is -2.46. The van der Waals surface area contributed by atoms with Crippen LogP contribution in [0.4, 0.5) is 0 Å². The molecule has 2 aliphatic rings. The highest BCUT2D eigenvalue weighted by molar-refractivity contribution is 5.76. The summed E-state index contributed by atoms with van der Waals surface area (Å²) in [6.07, 6.45) is 63.0. The highest BCUT2D eigenvalue weighted by Gasteiger charge is 2.51. The lowest BCUT2D eigenvalue weighted by Crippen LogP contribution is -2.65. The molecule has 14 heteroatoms. The molecule has 88 heavy (non-hydrogen) atoms. The number of allylic oxidation sites excluding steroid dienone is 14. The fraction of sp³-hybridized carbons (Fsp3) is 0.797. The van der Waals surface area contributed by atoms with E-state index in [2.05, 4.69) is 104 Å². The van der Waals surface area contributed by atoms with Gasteiger partial charge in [-0.15, -0.1) is 0 Å². The Balaban J connectivity index is 1.66. The molecule has 14 nitrogen and oxygen atoms in total. The molecule has 2 saturated heterocycles. The van der Waals surface area contributed by atoms with E-state index >= 15 is 0 Å². The molecule has 2 aliphatic heterocycles. The molecular weight excluding hydrogens is 1110 g/mol. The van der Waals surface area contributed by atoms with Crippen LogP contribution in [-0.4, -0.2) is 140 Å². The molecule has 0 aromatic rings. The zero-order valence-electron chi connectivity index (χ0n) is 55.4. The van der Waals surface area contributed by atoms with Gasteiger partial charge >= 0.3 is 0 Å². The van der Waals surface area contributed by atoms with E-state index in [1.807, 2.05) is 0 Å². The van der Waals surface area contributed by atoms with E-state index < -0.39 is 86.8 Å². The zero-order valence-corrected chi connectivity index (χ0v) is 55.4. The van der Waals surface area contributed by atoms with Crippen LogP contribution in [0.2, 0.25) is 0 Å². The molecule has 0 saturated carbocycles. The first-order chi connectivity index (χ1) is 43.1. The maximum atomic E-state index is 13.4. The number of ether oxygens (including phenoxy) is 4. The van der Waals surface area contributed by atoms with Gasteiger partial charge < -0.3 is 65.1 Å². The van der Waals surface area contributed by atoms with Gasteiger partial charge in [0.25, 0.3) is 0 Å². The van der Waals surface area contributed by atoms with Crippen LogP contribution in [0.1, 0.15) is 284 Å². The minimum Gasteiger partial charge on any atom is -0.394 e. The first-order valence-corrected chi connectivity index (χ1v) is 35.8. The Morgan fingerprint density at radius 2 is 0.784 bits per heavy atom. The SMILES string of the molecule is CC/C=C\C/C=C\C/C=C\C/C=C\C/C=C\C/C=C\C/C=C\CCCCCCCCCCCCCC(=O)NC(COC1OC(CO)C(OC2OC(CO)C(O)C(O)C2O)C(O)C1O)C(O)CCCCCCCCCCCCCCCCCCCCCCC. The second kappa shape index (κ2) is 58.0. The number of hydrogen-bond acceptors (Lipinski definition) is 13. The second-order valence-corrected chi connectivity index (χ2v) is 25.0. The Bertz CT molecular complexity index is 1800. The number of unbranched alkanes of at least 4 members (excludes halogenated alkanes) is 31. The Morgan fingerprint density at radius 3 is 1.20 bits per heavy atom. The van der Waals surface area contributed by atoms with Crippen molar-refractivity contribution in [1.82, 2.24) is 5.32 Å². The van der Waals surface area contributed by atoms with E-state index in [-0.39, 0.29) is 12.5 Å². The Labute approximate surface area is 535 Å². The third kappa shape index (κ3) is 41.6. The summed E-state index contributed by atoms with van der Waals surface area (Å²) in [5.74, 6) is -0.210. The van der Waals surface area contributed by atoms with E-state index in [0.29, 0.717) is 12.8 Å². The molecule has 2 fully saturated rings. The smallest absolute Gasteiger partial charge is 0.220 e. The van der Waals surface area contributed by atoms with Gasteiger partial charge in [0.2, 0.25) is 5.91 Å². The van der Waals surface area contributed by atoms with Crippen LogP contribution >= 0.6 is 0 Å². The highest BCUT2D eigenvalue weighted by atomic mass is 16.7.